The molecule has 1 aromatic carbocycles. The predicted octanol–water partition coefficient (Wildman–Crippen LogP) is 0.266. The second-order valence-electron chi connectivity index (χ2n) is 2.83. The van der Waals surface area contributed by atoms with E-state index in [1.807, 2.05) is 19.1 Å². The Balaban J connectivity index is 2.89. The van der Waals surface area contributed by atoms with Crippen molar-refractivity contribution in [3.63, 3.8) is 0 Å². The number of nitrogen functional groups attached to an aromatic ring is 1. The summed E-state index contributed by atoms with van der Waals surface area (Å²) in [6.07, 6.45) is 0. The van der Waals surface area contributed by atoms with E-state index in [0.29, 0.717) is 5.69 Å². The van der Waals surface area contributed by atoms with Gasteiger partial charge in [-0.3, -0.25) is 0 Å². The van der Waals surface area contributed by atoms with Crippen molar-refractivity contribution in [3.8, 4) is 0 Å². The average Bonchev–Trinajstić information content (AvgIpc) is 2.15. The maximum Gasteiger partial charge on any atom is 0.211 e. The van der Waals surface area contributed by atoms with Crippen LogP contribution in [-0.4, -0.2) is 11.7 Å². The van der Waals surface area contributed by atoms with Crippen LogP contribution in [0.4, 0.5) is 5.69 Å². The monoisotopic (exact) mass is 191 g/mol. The normalized spacial score (nSPS) is 11.1. The van der Waals surface area contributed by atoms with Crippen molar-refractivity contribution in [1.82, 2.24) is 0 Å². The van der Waals surface area contributed by atoms with Crippen molar-refractivity contribution in [2.45, 2.75) is 6.92 Å². The molecule has 0 unspecified atom stereocenters. The van der Waals surface area contributed by atoms with Gasteiger partial charge < -0.3 is 17.2 Å². The Labute approximate surface area is 82.3 Å². The highest BCUT2D eigenvalue weighted by atomic mass is 15.3. The van der Waals surface area contributed by atoms with E-state index < -0.39 is 0 Å². The van der Waals surface area contributed by atoms with Gasteiger partial charge in [0.15, 0.2) is 0 Å². The summed E-state index contributed by atoms with van der Waals surface area (Å²) in [5.74, 6) is -0.0557. The smallest absolute Gasteiger partial charge is 0.211 e. The molecule has 1 aromatic rings. The molecule has 0 aliphatic heterocycles. The molecule has 0 spiro atoms. The largest absolute Gasteiger partial charge is 0.399 e. The standard InChI is InChI=1S/C9H13N5/c1-6(13-14-9(11)12)7-2-4-8(10)5-3-7/h2-5H,10H2,1H3,(H4,11,12,14). The third-order valence-electron chi connectivity index (χ3n) is 1.64. The van der Waals surface area contributed by atoms with Crippen LogP contribution in [0.2, 0.25) is 0 Å². The number of benzene rings is 1. The van der Waals surface area contributed by atoms with Gasteiger partial charge in [-0.05, 0) is 24.6 Å². The Kier molecular flexibility index (Phi) is 3.06. The minimum atomic E-state index is -0.0557. The second kappa shape index (κ2) is 4.27. The summed E-state index contributed by atoms with van der Waals surface area (Å²) in [6.45, 7) is 1.82. The SMILES string of the molecule is CC(=NN=C(N)N)c1ccc(N)cc1. The summed E-state index contributed by atoms with van der Waals surface area (Å²) in [6, 6.07) is 7.31. The summed E-state index contributed by atoms with van der Waals surface area (Å²) in [4.78, 5) is 0. The summed E-state index contributed by atoms with van der Waals surface area (Å²) in [5.41, 5.74) is 18.2. The first-order valence-corrected chi connectivity index (χ1v) is 4.08. The molecule has 0 aliphatic rings. The van der Waals surface area contributed by atoms with E-state index in [2.05, 4.69) is 10.2 Å². The molecule has 0 saturated carbocycles. The van der Waals surface area contributed by atoms with Gasteiger partial charge in [0.1, 0.15) is 0 Å². The summed E-state index contributed by atoms with van der Waals surface area (Å²) < 4.78 is 0. The molecule has 1 rings (SSSR count). The van der Waals surface area contributed by atoms with Gasteiger partial charge >= 0.3 is 0 Å². The zero-order valence-electron chi connectivity index (χ0n) is 7.94. The Morgan fingerprint density at radius 1 is 1.07 bits per heavy atom. The number of anilines is 1. The highest BCUT2D eigenvalue weighted by molar-refractivity contribution is 5.99. The first-order valence-electron chi connectivity index (χ1n) is 4.08. The lowest BCUT2D eigenvalue weighted by Gasteiger charge is -1.98. The van der Waals surface area contributed by atoms with E-state index in [1.165, 1.54) is 0 Å². The topological polar surface area (TPSA) is 103 Å². The Hall–Kier alpha value is -2.04. The van der Waals surface area contributed by atoms with Gasteiger partial charge in [0.25, 0.3) is 0 Å². The van der Waals surface area contributed by atoms with Crippen LogP contribution in [0.15, 0.2) is 34.5 Å². The molecule has 14 heavy (non-hydrogen) atoms. The fourth-order valence-electron chi connectivity index (χ4n) is 0.915. The van der Waals surface area contributed by atoms with Gasteiger partial charge in [0, 0.05) is 5.69 Å². The molecule has 0 amide bonds. The van der Waals surface area contributed by atoms with Crippen molar-refractivity contribution in [2.75, 3.05) is 5.73 Å². The molecule has 0 atom stereocenters. The van der Waals surface area contributed by atoms with Crippen LogP contribution in [0.1, 0.15) is 12.5 Å². The Morgan fingerprint density at radius 3 is 2.14 bits per heavy atom. The first kappa shape index (κ1) is 10.0. The fraction of sp³-hybridized carbons (Fsp3) is 0.111. The molecule has 5 nitrogen and oxygen atoms in total. The van der Waals surface area contributed by atoms with Crippen LogP contribution in [-0.2, 0) is 0 Å². The number of nitrogens with two attached hydrogens (primary N) is 3. The maximum atomic E-state index is 5.54. The number of rotatable bonds is 2. The van der Waals surface area contributed by atoms with E-state index in [0.717, 1.165) is 11.3 Å². The number of guanidine groups is 1. The predicted molar refractivity (Wildman–Crippen MR) is 58.9 cm³/mol. The third kappa shape index (κ3) is 2.78. The zero-order valence-corrected chi connectivity index (χ0v) is 7.94. The maximum absolute atomic E-state index is 5.54. The quantitative estimate of drug-likeness (QED) is 0.270. The molecule has 0 aromatic heterocycles. The van der Waals surface area contributed by atoms with Crippen LogP contribution in [0, 0.1) is 0 Å². The van der Waals surface area contributed by atoms with Gasteiger partial charge in [-0.1, -0.05) is 12.1 Å². The lowest BCUT2D eigenvalue weighted by Crippen LogP contribution is -2.22. The molecule has 6 N–H and O–H groups in total. The van der Waals surface area contributed by atoms with Crippen molar-refractivity contribution in [2.24, 2.45) is 21.7 Å². The van der Waals surface area contributed by atoms with Gasteiger partial charge in [-0.25, -0.2) is 0 Å². The molecule has 74 valence electrons. The van der Waals surface area contributed by atoms with Crippen LogP contribution >= 0.6 is 0 Å². The Bertz CT molecular complexity index is 359. The van der Waals surface area contributed by atoms with Crippen LogP contribution in [0.25, 0.3) is 0 Å². The minimum Gasteiger partial charge on any atom is -0.399 e. The second-order valence-corrected chi connectivity index (χ2v) is 2.83. The van der Waals surface area contributed by atoms with E-state index >= 15 is 0 Å². The molecule has 0 bridgehead atoms. The van der Waals surface area contributed by atoms with Crippen molar-refractivity contribution < 1.29 is 0 Å². The molecule has 5 heteroatoms. The van der Waals surface area contributed by atoms with Gasteiger partial charge in [0.05, 0.1) is 5.71 Å². The molecule has 0 saturated heterocycles. The number of hydrogen-bond acceptors (Lipinski definition) is 3. The highest BCUT2D eigenvalue weighted by Crippen LogP contribution is 2.06. The average molecular weight is 191 g/mol. The lowest BCUT2D eigenvalue weighted by molar-refractivity contribution is 1.20. The van der Waals surface area contributed by atoms with Gasteiger partial charge in [0.2, 0.25) is 5.96 Å². The van der Waals surface area contributed by atoms with Crippen molar-refractivity contribution >= 4 is 17.4 Å². The van der Waals surface area contributed by atoms with Crippen LogP contribution in [0.3, 0.4) is 0 Å². The highest BCUT2D eigenvalue weighted by Gasteiger charge is 1.95. The van der Waals surface area contributed by atoms with Crippen molar-refractivity contribution in [1.29, 1.82) is 0 Å². The molecule has 0 fully saturated rings. The van der Waals surface area contributed by atoms with Crippen molar-refractivity contribution in [3.05, 3.63) is 29.8 Å². The van der Waals surface area contributed by atoms with E-state index in [1.54, 1.807) is 12.1 Å². The molecule has 0 radical (unpaired) electrons. The van der Waals surface area contributed by atoms with Crippen LogP contribution < -0.4 is 17.2 Å². The number of hydrogen-bond donors (Lipinski definition) is 3. The Morgan fingerprint density at radius 2 is 1.64 bits per heavy atom. The summed E-state index contributed by atoms with van der Waals surface area (Å²) in [7, 11) is 0. The van der Waals surface area contributed by atoms with E-state index in [4.69, 9.17) is 17.2 Å². The molecule has 0 aliphatic carbocycles. The third-order valence-corrected chi connectivity index (χ3v) is 1.64. The summed E-state index contributed by atoms with van der Waals surface area (Å²) >= 11 is 0. The zero-order chi connectivity index (χ0) is 10.6. The fourth-order valence-corrected chi connectivity index (χ4v) is 0.915. The van der Waals surface area contributed by atoms with E-state index in [9.17, 15) is 0 Å². The molecular weight excluding hydrogens is 178 g/mol. The first-order chi connectivity index (χ1) is 6.59. The lowest BCUT2D eigenvalue weighted by atomic mass is 10.1. The minimum absolute atomic E-state index is 0.0557. The van der Waals surface area contributed by atoms with Gasteiger partial charge in [-0.15, -0.1) is 5.10 Å². The number of nitrogens with zero attached hydrogens (tertiary/aromatic N) is 2. The molecule has 0 heterocycles. The van der Waals surface area contributed by atoms with Gasteiger partial charge in [-0.2, -0.15) is 5.10 Å². The summed E-state index contributed by atoms with van der Waals surface area (Å²) in [5, 5.41) is 7.39. The molecular formula is C9H13N5. The van der Waals surface area contributed by atoms with E-state index in [-0.39, 0.29) is 5.96 Å². The van der Waals surface area contributed by atoms with Crippen LogP contribution in [0.5, 0.6) is 0 Å².